The highest BCUT2D eigenvalue weighted by Crippen LogP contribution is 2.24. The third kappa shape index (κ3) is 3.48. The summed E-state index contributed by atoms with van der Waals surface area (Å²) in [6.07, 6.45) is 0. The topological polar surface area (TPSA) is 73.1 Å². The molecule has 0 amide bonds. The van der Waals surface area contributed by atoms with Gasteiger partial charge in [0.25, 0.3) is 15.6 Å². The molecule has 6 nitrogen and oxygen atoms in total. The summed E-state index contributed by atoms with van der Waals surface area (Å²) in [4.78, 5) is 13.6. The van der Waals surface area contributed by atoms with Gasteiger partial charge in [-0.2, -0.15) is 0 Å². The Morgan fingerprint density at radius 2 is 1.16 bits per heavy atom. The van der Waals surface area contributed by atoms with Gasteiger partial charge in [0, 0.05) is 5.69 Å². The monoisotopic (exact) mass is 441 g/mol. The van der Waals surface area contributed by atoms with Crippen LogP contribution < -0.4 is 10.3 Å². The highest BCUT2D eigenvalue weighted by molar-refractivity contribution is 7.92. The first-order valence-electron chi connectivity index (χ1n) is 10.0. The lowest BCUT2D eigenvalue weighted by Gasteiger charge is -2.13. The molecule has 0 unspecified atom stereocenters. The highest BCUT2D eigenvalue weighted by atomic mass is 32.2. The van der Waals surface area contributed by atoms with E-state index in [0.29, 0.717) is 22.3 Å². The number of aromatic nitrogens is 2. The van der Waals surface area contributed by atoms with Crippen molar-refractivity contribution in [2.45, 2.75) is 4.90 Å². The number of nitrogens with one attached hydrogen (secondary N) is 1. The maximum Gasteiger partial charge on any atom is 0.279 e. The number of hydrogen-bond acceptors (Lipinski definition) is 3. The van der Waals surface area contributed by atoms with Crippen LogP contribution in [0.25, 0.3) is 22.3 Å². The molecule has 5 rings (SSSR count). The molecule has 1 N–H and O–H groups in total. The van der Waals surface area contributed by atoms with Crippen LogP contribution in [-0.2, 0) is 10.0 Å². The normalized spacial score (nSPS) is 11.5. The van der Waals surface area contributed by atoms with Gasteiger partial charge in [-0.1, -0.05) is 54.6 Å². The van der Waals surface area contributed by atoms with Crippen molar-refractivity contribution < 1.29 is 8.42 Å². The SMILES string of the molecule is O=c1c2cc(NS(=O)(=O)c3ccccc3)ccc2n(-c2ccccc2)n1-c1ccccc1. The van der Waals surface area contributed by atoms with Gasteiger partial charge in [-0.25, -0.2) is 17.8 Å². The quantitative estimate of drug-likeness (QED) is 0.434. The molecule has 0 bridgehead atoms. The molecule has 0 aliphatic heterocycles. The first-order valence-corrected chi connectivity index (χ1v) is 11.5. The lowest BCUT2D eigenvalue weighted by molar-refractivity contribution is 0.601. The van der Waals surface area contributed by atoms with Crippen LogP contribution in [0.3, 0.4) is 0 Å². The Bertz CT molecular complexity index is 1560. The molecule has 1 aromatic heterocycles. The first kappa shape index (κ1) is 19.8. The van der Waals surface area contributed by atoms with Gasteiger partial charge < -0.3 is 0 Å². The van der Waals surface area contributed by atoms with Crippen molar-refractivity contribution in [3.8, 4) is 11.4 Å². The van der Waals surface area contributed by atoms with Gasteiger partial charge in [-0.05, 0) is 54.6 Å². The molecule has 0 saturated carbocycles. The predicted molar refractivity (Wildman–Crippen MR) is 126 cm³/mol. The maximum absolute atomic E-state index is 13.5. The minimum absolute atomic E-state index is 0.156. The summed E-state index contributed by atoms with van der Waals surface area (Å²) in [5.74, 6) is 0. The summed E-state index contributed by atoms with van der Waals surface area (Å²) >= 11 is 0. The molecular weight excluding hydrogens is 422 g/mol. The Hall–Kier alpha value is -4.10. The molecular formula is C25H19N3O3S. The van der Waals surface area contributed by atoms with Gasteiger partial charge in [0.1, 0.15) is 0 Å². The molecule has 0 saturated heterocycles. The molecule has 32 heavy (non-hydrogen) atoms. The van der Waals surface area contributed by atoms with Gasteiger partial charge in [0.2, 0.25) is 0 Å². The molecule has 5 aromatic rings. The summed E-state index contributed by atoms with van der Waals surface area (Å²) in [6, 6.07) is 32.0. The summed E-state index contributed by atoms with van der Waals surface area (Å²) in [5, 5.41) is 0.408. The van der Waals surface area contributed by atoms with Crippen LogP contribution in [0.15, 0.2) is 119 Å². The van der Waals surface area contributed by atoms with Crippen LogP contribution in [-0.4, -0.2) is 17.8 Å². The molecule has 0 fully saturated rings. The van der Waals surface area contributed by atoms with E-state index in [4.69, 9.17) is 0 Å². The summed E-state index contributed by atoms with van der Waals surface area (Å²) in [5.41, 5.74) is 2.29. The van der Waals surface area contributed by atoms with Crippen molar-refractivity contribution >= 4 is 26.6 Å². The molecule has 158 valence electrons. The largest absolute Gasteiger partial charge is 0.280 e. The van der Waals surface area contributed by atoms with Crippen LogP contribution in [0.4, 0.5) is 5.69 Å². The second kappa shape index (κ2) is 7.86. The zero-order valence-electron chi connectivity index (χ0n) is 16.9. The first-order chi connectivity index (χ1) is 15.5. The second-order valence-electron chi connectivity index (χ2n) is 7.25. The third-order valence-electron chi connectivity index (χ3n) is 5.15. The van der Waals surface area contributed by atoms with E-state index in [2.05, 4.69) is 4.72 Å². The number of nitrogens with zero attached hydrogens (tertiary/aromatic N) is 2. The standard InChI is InChI=1S/C25H19N3O3S/c29-25-23-18-19(26-32(30,31)22-14-8-3-9-15-22)16-17-24(23)27(20-10-4-1-5-11-20)28(25)21-12-6-2-7-13-21/h1-18,26H. The van der Waals surface area contributed by atoms with E-state index in [1.807, 2.05) is 65.3 Å². The lowest BCUT2D eigenvalue weighted by atomic mass is 10.2. The van der Waals surface area contributed by atoms with Crippen molar-refractivity contribution in [1.82, 2.24) is 9.36 Å². The van der Waals surface area contributed by atoms with Gasteiger partial charge >= 0.3 is 0 Å². The molecule has 0 radical (unpaired) electrons. The van der Waals surface area contributed by atoms with Crippen LogP contribution >= 0.6 is 0 Å². The van der Waals surface area contributed by atoms with Crippen molar-refractivity contribution in [2.24, 2.45) is 0 Å². The maximum atomic E-state index is 13.5. The molecule has 0 atom stereocenters. The summed E-state index contributed by atoms with van der Waals surface area (Å²) < 4.78 is 31.5. The zero-order chi connectivity index (χ0) is 22.1. The molecule has 0 aliphatic carbocycles. The zero-order valence-corrected chi connectivity index (χ0v) is 17.7. The average Bonchev–Trinajstić information content (AvgIpc) is 3.12. The lowest BCUT2D eigenvalue weighted by Crippen LogP contribution is -2.20. The Labute approximate surface area is 185 Å². The second-order valence-corrected chi connectivity index (χ2v) is 8.93. The summed E-state index contributed by atoms with van der Waals surface area (Å²) in [7, 11) is -3.77. The molecule has 7 heteroatoms. The molecule has 1 heterocycles. The average molecular weight is 442 g/mol. The third-order valence-corrected chi connectivity index (χ3v) is 6.55. The molecule has 0 spiro atoms. The predicted octanol–water partition coefficient (Wildman–Crippen LogP) is 4.58. The Morgan fingerprint density at radius 3 is 1.75 bits per heavy atom. The van der Waals surface area contributed by atoms with Crippen LogP contribution in [0.1, 0.15) is 0 Å². The fraction of sp³-hybridized carbons (Fsp3) is 0. The Morgan fingerprint density at radius 1 is 0.625 bits per heavy atom. The Balaban J connectivity index is 1.70. The number of rotatable bonds is 5. The number of para-hydroxylation sites is 2. The van der Waals surface area contributed by atoms with E-state index in [0.717, 1.165) is 5.69 Å². The van der Waals surface area contributed by atoms with Crippen molar-refractivity contribution in [2.75, 3.05) is 4.72 Å². The fourth-order valence-corrected chi connectivity index (χ4v) is 4.78. The van der Waals surface area contributed by atoms with Crippen LogP contribution in [0.5, 0.6) is 0 Å². The van der Waals surface area contributed by atoms with Gasteiger partial charge in [0.15, 0.2) is 0 Å². The highest BCUT2D eigenvalue weighted by Gasteiger charge is 2.19. The van der Waals surface area contributed by atoms with Crippen molar-refractivity contribution in [1.29, 1.82) is 0 Å². The van der Waals surface area contributed by atoms with Gasteiger partial charge in [-0.3, -0.25) is 9.52 Å². The van der Waals surface area contributed by atoms with E-state index in [1.165, 1.54) is 12.1 Å². The van der Waals surface area contributed by atoms with Crippen LogP contribution in [0.2, 0.25) is 0 Å². The van der Waals surface area contributed by atoms with Gasteiger partial charge in [0.05, 0.1) is 27.2 Å². The van der Waals surface area contributed by atoms with E-state index in [-0.39, 0.29) is 10.5 Å². The number of hydrogen-bond donors (Lipinski definition) is 1. The minimum atomic E-state index is -3.77. The Kier molecular flexibility index (Phi) is 4.88. The number of anilines is 1. The van der Waals surface area contributed by atoms with Crippen molar-refractivity contribution in [3.63, 3.8) is 0 Å². The molecule has 4 aromatic carbocycles. The van der Waals surface area contributed by atoms with E-state index in [1.54, 1.807) is 41.1 Å². The van der Waals surface area contributed by atoms with E-state index in [9.17, 15) is 13.2 Å². The van der Waals surface area contributed by atoms with Crippen LogP contribution in [0, 0.1) is 0 Å². The number of benzene rings is 4. The number of sulfonamides is 1. The number of fused-ring (bicyclic) bond motifs is 1. The van der Waals surface area contributed by atoms with E-state index >= 15 is 0 Å². The fourth-order valence-electron chi connectivity index (χ4n) is 3.71. The smallest absolute Gasteiger partial charge is 0.279 e. The van der Waals surface area contributed by atoms with Crippen molar-refractivity contribution in [3.05, 3.63) is 120 Å². The molecule has 0 aliphatic rings. The van der Waals surface area contributed by atoms with E-state index < -0.39 is 10.0 Å². The summed E-state index contributed by atoms with van der Waals surface area (Å²) in [6.45, 7) is 0. The van der Waals surface area contributed by atoms with Gasteiger partial charge in [-0.15, -0.1) is 0 Å². The minimum Gasteiger partial charge on any atom is -0.280 e.